The van der Waals surface area contributed by atoms with E-state index in [1.165, 1.54) is 0 Å². The van der Waals surface area contributed by atoms with Crippen molar-refractivity contribution in [2.24, 2.45) is 0 Å². The summed E-state index contributed by atoms with van der Waals surface area (Å²) in [7, 11) is 0. The molecule has 4 heterocycles. The average Bonchev–Trinajstić information content (AvgIpc) is 3.39. The largest absolute Gasteiger partial charge is 0.490 e. The van der Waals surface area contributed by atoms with Crippen LogP contribution in [0.25, 0.3) is 0 Å². The Balaban J connectivity index is 0.000000286. The number of furan rings is 1. The van der Waals surface area contributed by atoms with E-state index < -0.39 is 24.3 Å². The number of ether oxygens (including phenoxy) is 1. The molecule has 17 heteroatoms. The van der Waals surface area contributed by atoms with Gasteiger partial charge in [0.05, 0.1) is 39.1 Å². The second-order valence-corrected chi connectivity index (χ2v) is 7.82. The predicted molar refractivity (Wildman–Crippen MR) is 111 cm³/mol. The molecule has 2 N–H and O–H groups in total. The Morgan fingerprint density at radius 1 is 0.892 bits per heavy atom. The van der Waals surface area contributed by atoms with E-state index in [1.54, 1.807) is 6.26 Å². The van der Waals surface area contributed by atoms with E-state index >= 15 is 0 Å². The van der Waals surface area contributed by atoms with Gasteiger partial charge in [0.2, 0.25) is 0 Å². The lowest BCUT2D eigenvalue weighted by atomic mass is 10.3. The molecule has 0 atom stereocenters. The third-order valence-electron chi connectivity index (χ3n) is 5.04. The Kier molecular flexibility index (Phi) is 10.9. The standard InChI is InChI=1S/C16H23N5O2.2C2HF3O2/c1-3-14(23-8-1)11-20-4-2-5-21-15(17-18-16(21)13-20)12-19-6-9-22-10-7-19;2*3-2(4,5)1(6)7/h1,3,8H,2,4-7,9-13H2;2*(H,6,7). The number of hydrogen-bond donors (Lipinski definition) is 2. The maximum absolute atomic E-state index is 10.6. The van der Waals surface area contributed by atoms with Gasteiger partial charge in [0.1, 0.15) is 17.4 Å². The van der Waals surface area contributed by atoms with Crippen LogP contribution in [0.2, 0.25) is 0 Å². The summed E-state index contributed by atoms with van der Waals surface area (Å²) in [4.78, 5) is 22.6. The minimum absolute atomic E-state index is 0.817. The fraction of sp³-hybridized carbons (Fsp3) is 0.600. The van der Waals surface area contributed by atoms with Crippen molar-refractivity contribution in [3.05, 3.63) is 35.8 Å². The van der Waals surface area contributed by atoms with Crippen LogP contribution in [0.4, 0.5) is 26.3 Å². The van der Waals surface area contributed by atoms with Gasteiger partial charge in [-0.25, -0.2) is 9.59 Å². The van der Waals surface area contributed by atoms with E-state index in [4.69, 9.17) is 29.0 Å². The Morgan fingerprint density at radius 2 is 1.49 bits per heavy atom. The van der Waals surface area contributed by atoms with Crippen molar-refractivity contribution in [1.29, 1.82) is 0 Å². The van der Waals surface area contributed by atoms with Crippen molar-refractivity contribution in [3.63, 3.8) is 0 Å². The zero-order chi connectivity index (χ0) is 27.6. The number of aliphatic carboxylic acids is 2. The SMILES string of the molecule is O=C(O)C(F)(F)F.O=C(O)C(F)(F)F.c1coc(CN2CCCn3c(CN4CCOCC4)nnc3C2)c1. The van der Waals surface area contributed by atoms with Crippen LogP contribution in [0, 0.1) is 0 Å². The van der Waals surface area contributed by atoms with Crippen LogP contribution in [-0.4, -0.2) is 91.9 Å². The molecule has 11 nitrogen and oxygen atoms in total. The van der Waals surface area contributed by atoms with Crippen LogP contribution in [0.1, 0.15) is 23.8 Å². The lowest BCUT2D eigenvalue weighted by molar-refractivity contribution is -0.193. The molecule has 208 valence electrons. The summed E-state index contributed by atoms with van der Waals surface area (Å²) in [5, 5.41) is 23.1. The molecule has 2 aromatic heterocycles. The summed E-state index contributed by atoms with van der Waals surface area (Å²) in [6.07, 6.45) is -7.32. The first-order valence-electron chi connectivity index (χ1n) is 10.8. The highest BCUT2D eigenvalue weighted by atomic mass is 19.4. The second kappa shape index (κ2) is 13.4. The van der Waals surface area contributed by atoms with Crippen molar-refractivity contribution in [2.45, 2.75) is 45.0 Å². The Bertz CT molecular complexity index is 965. The Labute approximate surface area is 206 Å². The fourth-order valence-corrected chi connectivity index (χ4v) is 3.31. The highest BCUT2D eigenvalue weighted by Gasteiger charge is 2.38. The first-order chi connectivity index (χ1) is 17.3. The lowest BCUT2D eigenvalue weighted by Gasteiger charge is -2.26. The molecule has 0 saturated carbocycles. The molecule has 0 aliphatic carbocycles. The first-order valence-corrected chi connectivity index (χ1v) is 10.8. The van der Waals surface area contributed by atoms with Gasteiger partial charge in [-0.1, -0.05) is 0 Å². The summed E-state index contributed by atoms with van der Waals surface area (Å²) in [6, 6.07) is 3.97. The van der Waals surface area contributed by atoms with E-state index in [0.29, 0.717) is 0 Å². The van der Waals surface area contributed by atoms with Crippen LogP contribution in [-0.2, 0) is 40.5 Å². The molecule has 0 aromatic carbocycles. The predicted octanol–water partition coefficient (Wildman–Crippen LogP) is 2.38. The van der Waals surface area contributed by atoms with E-state index in [0.717, 1.165) is 82.9 Å². The molecule has 0 unspecified atom stereocenters. The molecule has 0 bridgehead atoms. The van der Waals surface area contributed by atoms with Crippen molar-refractivity contribution >= 4 is 11.9 Å². The van der Waals surface area contributed by atoms with Gasteiger partial charge in [0.25, 0.3) is 0 Å². The Morgan fingerprint density at radius 3 is 2.00 bits per heavy atom. The van der Waals surface area contributed by atoms with Gasteiger partial charge < -0.3 is 23.9 Å². The van der Waals surface area contributed by atoms with Gasteiger partial charge >= 0.3 is 24.3 Å². The molecule has 4 rings (SSSR count). The van der Waals surface area contributed by atoms with Gasteiger partial charge in [-0.05, 0) is 18.6 Å². The second-order valence-electron chi connectivity index (χ2n) is 7.82. The van der Waals surface area contributed by atoms with Gasteiger partial charge in [0.15, 0.2) is 0 Å². The molecule has 0 spiro atoms. The monoisotopic (exact) mass is 545 g/mol. The van der Waals surface area contributed by atoms with Crippen molar-refractivity contribution in [2.75, 3.05) is 32.8 Å². The maximum Gasteiger partial charge on any atom is 0.490 e. The van der Waals surface area contributed by atoms with E-state index in [1.807, 2.05) is 12.1 Å². The number of rotatable bonds is 4. The third kappa shape index (κ3) is 10.4. The summed E-state index contributed by atoms with van der Waals surface area (Å²) >= 11 is 0. The average molecular weight is 545 g/mol. The van der Waals surface area contributed by atoms with E-state index in [9.17, 15) is 26.3 Å². The molecule has 1 saturated heterocycles. The number of halogens is 6. The van der Waals surface area contributed by atoms with Crippen LogP contribution < -0.4 is 0 Å². The number of carboxylic acids is 2. The highest BCUT2D eigenvalue weighted by molar-refractivity contribution is 5.73. The summed E-state index contributed by atoms with van der Waals surface area (Å²) in [5.74, 6) is -2.36. The molecule has 1 fully saturated rings. The fourth-order valence-electron chi connectivity index (χ4n) is 3.31. The number of morpholine rings is 1. The minimum atomic E-state index is -5.08. The van der Waals surface area contributed by atoms with Crippen LogP contribution in [0.15, 0.2) is 22.8 Å². The molecule has 0 amide bonds. The number of hydrogen-bond acceptors (Lipinski definition) is 8. The molecule has 2 aliphatic rings. The quantitative estimate of drug-likeness (QED) is 0.552. The van der Waals surface area contributed by atoms with E-state index in [2.05, 4.69) is 24.6 Å². The van der Waals surface area contributed by atoms with Gasteiger partial charge in [-0.15, -0.1) is 10.2 Å². The number of aromatic nitrogens is 3. The van der Waals surface area contributed by atoms with Crippen molar-refractivity contribution in [3.8, 4) is 0 Å². The summed E-state index contributed by atoms with van der Waals surface area (Å²) < 4.78 is 76.7. The topological polar surface area (TPSA) is 134 Å². The first kappa shape index (κ1) is 30.0. The maximum atomic E-state index is 10.6. The zero-order valence-corrected chi connectivity index (χ0v) is 19.3. The molecular weight excluding hydrogens is 520 g/mol. The smallest absolute Gasteiger partial charge is 0.475 e. The highest BCUT2D eigenvalue weighted by Crippen LogP contribution is 2.17. The van der Waals surface area contributed by atoms with Crippen LogP contribution >= 0.6 is 0 Å². The molecule has 0 radical (unpaired) electrons. The molecule has 37 heavy (non-hydrogen) atoms. The molecular formula is C20H25F6N5O6. The normalized spacial score (nSPS) is 16.9. The van der Waals surface area contributed by atoms with Crippen molar-refractivity contribution in [1.82, 2.24) is 24.6 Å². The summed E-state index contributed by atoms with van der Waals surface area (Å²) in [5.41, 5.74) is 0. The number of nitrogens with zero attached hydrogens (tertiary/aromatic N) is 5. The molecule has 2 aliphatic heterocycles. The third-order valence-corrected chi connectivity index (χ3v) is 5.04. The van der Waals surface area contributed by atoms with E-state index in [-0.39, 0.29) is 0 Å². The van der Waals surface area contributed by atoms with Gasteiger partial charge in [0, 0.05) is 26.2 Å². The number of carboxylic acid groups (broad SMARTS) is 2. The number of alkyl halides is 6. The summed E-state index contributed by atoms with van der Waals surface area (Å²) in [6.45, 7) is 8.18. The number of carbonyl (C=O) groups is 2. The number of fused-ring (bicyclic) bond motifs is 1. The van der Waals surface area contributed by atoms with Gasteiger partial charge in [-0.3, -0.25) is 9.80 Å². The minimum Gasteiger partial charge on any atom is -0.475 e. The van der Waals surface area contributed by atoms with Crippen LogP contribution in [0.3, 0.4) is 0 Å². The molecule has 2 aromatic rings. The Hall–Kier alpha value is -3.18. The lowest BCUT2D eigenvalue weighted by Crippen LogP contribution is -2.36. The van der Waals surface area contributed by atoms with Crippen LogP contribution in [0.5, 0.6) is 0 Å². The zero-order valence-electron chi connectivity index (χ0n) is 19.3. The van der Waals surface area contributed by atoms with Crippen molar-refractivity contribution < 1.29 is 55.3 Å². The van der Waals surface area contributed by atoms with Gasteiger partial charge in [-0.2, -0.15) is 26.3 Å².